The predicted molar refractivity (Wildman–Crippen MR) is 71.9 cm³/mol. The SMILES string of the molecule is Fc1cc(NCc2cccc3[nH]ccc23)cc(F)c1F. The molecule has 0 unspecified atom stereocenters. The van der Waals surface area contributed by atoms with Gasteiger partial charge in [0.2, 0.25) is 0 Å². The minimum Gasteiger partial charge on any atom is -0.381 e. The van der Waals surface area contributed by atoms with Crippen LogP contribution in [0.4, 0.5) is 18.9 Å². The molecule has 0 radical (unpaired) electrons. The summed E-state index contributed by atoms with van der Waals surface area (Å²) in [5, 5.41) is 3.92. The first kappa shape index (κ1) is 12.6. The van der Waals surface area contributed by atoms with Crippen LogP contribution >= 0.6 is 0 Å². The molecule has 0 saturated carbocycles. The summed E-state index contributed by atoms with van der Waals surface area (Å²) in [5.74, 6) is -3.86. The van der Waals surface area contributed by atoms with Gasteiger partial charge in [0.25, 0.3) is 0 Å². The lowest BCUT2D eigenvalue weighted by atomic mass is 10.1. The summed E-state index contributed by atoms with van der Waals surface area (Å²) in [4.78, 5) is 3.09. The highest BCUT2D eigenvalue weighted by atomic mass is 19.2. The number of rotatable bonds is 3. The van der Waals surface area contributed by atoms with Crippen molar-refractivity contribution in [2.24, 2.45) is 0 Å². The molecule has 2 nitrogen and oxygen atoms in total. The van der Waals surface area contributed by atoms with E-state index in [1.165, 1.54) is 0 Å². The Morgan fingerprint density at radius 1 is 1.00 bits per heavy atom. The molecule has 5 heteroatoms. The zero-order valence-electron chi connectivity index (χ0n) is 10.4. The normalized spacial score (nSPS) is 10.9. The second-order valence-corrected chi connectivity index (χ2v) is 4.46. The number of halogens is 3. The van der Waals surface area contributed by atoms with Gasteiger partial charge in [0.05, 0.1) is 0 Å². The van der Waals surface area contributed by atoms with Crippen LogP contribution in [-0.2, 0) is 6.54 Å². The number of anilines is 1. The summed E-state index contributed by atoms with van der Waals surface area (Å²) in [7, 11) is 0. The molecule has 0 spiro atoms. The first-order chi connectivity index (χ1) is 9.65. The van der Waals surface area contributed by atoms with Crippen LogP contribution in [0.25, 0.3) is 10.9 Å². The summed E-state index contributed by atoms with van der Waals surface area (Å²) in [6, 6.07) is 9.56. The number of benzene rings is 2. The van der Waals surface area contributed by atoms with Crippen molar-refractivity contribution in [1.82, 2.24) is 4.98 Å². The maximum absolute atomic E-state index is 13.1. The lowest BCUT2D eigenvalue weighted by Gasteiger charge is -2.08. The first-order valence-electron chi connectivity index (χ1n) is 6.08. The molecule has 102 valence electrons. The number of aromatic nitrogens is 1. The van der Waals surface area contributed by atoms with Gasteiger partial charge >= 0.3 is 0 Å². The molecule has 20 heavy (non-hydrogen) atoms. The fourth-order valence-electron chi connectivity index (χ4n) is 2.16. The van der Waals surface area contributed by atoms with Crippen LogP contribution in [0.1, 0.15) is 5.56 Å². The van der Waals surface area contributed by atoms with Crippen molar-refractivity contribution >= 4 is 16.6 Å². The lowest BCUT2D eigenvalue weighted by molar-refractivity contribution is 0.447. The van der Waals surface area contributed by atoms with Crippen LogP contribution in [0, 0.1) is 17.5 Å². The van der Waals surface area contributed by atoms with Gasteiger partial charge in [-0.25, -0.2) is 13.2 Å². The second-order valence-electron chi connectivity index (χ2n) is 4.46. The third-order valence-corrected chi connectivity index (χ3v) is 3.15. The third kappa shape index (κ3) is 2.22. The zero-order valence-corrected chi connectivity index (χ0v) is 10.4. The molecule has 0 atom stereocenters. The molecule has 1 aromatic heterocycles. The van der Waals surface area contributed by atoms with Crippen molar-refractivity contribution in [3.8, 4) is 0 Å². The van der Waals surface area contributed by atoms with Gasteiger partial charge in [0.15, 0.2) is 17.5 Å². The van der Waals surface area contributed by atoms with Crippen LogP contribution in [0.3, 0.4) is 0 Å². The highest BCUT2D eigenvalue weighted by Gasteiger charge is 2.10. The lowest BCUT2D eigenvalue weighted by Crippen LogP contribution is -2.02. The Labute approximate surface area is 113 Å². The van der Waals surface area contributed by atoms with Gasteiger partial charge < -0.3 is 10.3 Å². The van der Waals surface area contributed by atoms with E-state index in [1.54, 1.807) is 0 Å². The number of H-pyrrole nitrogens is 1. The number of hydrogen-bond acceptors (Lipinski definition) is 1. The summed E-state index contributed by atoms with van der Waals surface area (Å²) in [6.45, 7) is 0.389. The van der Waals surface area contributed by atoms with E-state index in [0.717, 1.165) is 28.6 Å². The Kier molecular flexibility index (Phi) is 3.10. The molecule has 0 fully saturated rings. The molecule has 0 saturated heterocycles. The fourth-order valence-corrected chi connectivity index (χ4v) is 2.16. The largest absolute Gasteiger partial charge is 0.381 e. The molecule has 0 amide bonds. The van der Waals surface area contributed by atoms with E-state index in [0.29, 0.717) is 6.54 Å². The zero-order chi connectivity index (χ0) is 14.1. The molecular weight excluding hydrogens is 265 g/mol. The second kappa shape index (κ2) is 4.92. The van der Waals surface area contributed by atoms with Crippen molar-refractivity contribution in [3.63, 3.8) is 0 Å². The molecule has 0 aliphatic heterocycles. The summed E-state index contributed by atoms with van der Waals surface area (Å²) in [6.07, 6.45) is 1.82. The minimum atomic E-state index is -1.46. The van der Waals surface area contributed by atoms with Gasteiger partial charge in [-0.2, -0.15) is 0 Å². The van der Waals surface area contributed by atoms with Crippen molar-refractivity contribution in [2.45, 2.75) is 6.54 Å². The summed E-state index contributed by atoms with van der Waals surface area (Å²) >= 11 is 0. The van der Waals surface area contributed by atoms with Gasteiger partial charge in [-0.05, 0) is 17.7 Å². The fraction of sp³-hybridized carbons (Fsp3) is 0.0667. The molecule has 3 rings (SSSR count). The van der Waals surface area contributed by atoms with Gasteiger partial charge in [-0.15, -0.1) is 0 Å². The molecule has 0 aliphatic rings. The monoisotopic (exact) mass is 276 g/mol. The van der Waals surface area contributed by atoms with E-state index in [1.807, 2.05) is 30.5 Å². The van der Waals surface area contributed by atoms with Gasteiger partial charge in [-0.1, -0.05) is 12.1 Å². The highest BCUT2D eigenvalue weighted by Crippen LogP contribution is 2.21. The Hall–Kier alpha value is -2.43. The van der Waals surface area contributed by atoms with Crippen molar-refractivity contribution in [3.05, 3.63) is 65.6 Å². The molecule has 3 aromatic rings. The van der Waals surface area contributed by atoms with Crippen molar-refractivity contribution in [2.75, 3.05) is 5.32 Å². The van der Waals surface area contributed by atoms with Crippen LogP contribution in [0.15, 0.2) is 42.6 Å². The van der Waals surface area contributed by atoms with Crippen LogP contribution in [0.2, 0.25) is 0 Å². The number of hydrogen-bond donors (Lipinski definition) is 2. The summed E-state index contributed by atoms with van der Waals surface area (Å²) < 4.78 is 39.1. The molecule has 2 aromatic carbocycles. The van der Waals surface area contributed by atoms with E-state index in [-0.39, 0.29) is 5.69 Å². The van der Waals surface area contributed by atoms with Crippen molar-refractivity contribution < 1.29 is 13.2 Å². The summed E-state index contributed by atoms with van der Waals surface area (Å²) in [5.41, 5.74) is 2.17. The number of nitrogens with one attached hydrogen (secondary N) is 2. The molecule has 0 aliphatic carbocycles. The standard InChI is InChI=1S/C15H11F3N2/c16-12-6-10(7-13(17)15(12)18)20-8-9-2-1-3-14-11(9)4-5-19-14/h1-7,19-20H,8H2. The minimum absolute atomic E-state index is 0.203. The van der Waals surface area contributed by atoms with Crippen LogP contribution < -0.4 is 5.32 Å². The third-order valence-electron chi connectivity index (χ3n) is 3.15. The van der Waals surface area contributed by atoms with Gasteiger partial charge in [0, 0.05) is 41.5 Å². The van der Waals surface area contributed by atoms with Crippen LogP contribution in [0.5, 0.6) is 0 Å². The maximum atomic E-state index is 13.1. The molecule has 0 bridgehead atoms. The van der Waals surface area contributed by atoms with Crippen LogP contribution in [-0.4, -0.2) is 4.98 Å². The highest BCUT2D eigenvalue weighted by molar-refractivity contribution is 5.83. The maximum Gasteiger partial charge on any atom is 0.194 e. The van der Waals surface area contributed by atoms with E-state index in [9.17, 15) is 13.2 Å². The number of fused-ring (bicyclic) bond motifs is 1. The Morgan fingerprint density at radius 3 is 2.50 bits per heavy atom. The van der Waals surface area contributed by atoms with E-state index in [4.69, 9.17) is 0 Å². The number of aromatic amines is 1. The Morgan fingerprint density at radius 2 is 1.75 bits per heavy atom. The van der Waals surface area contributed by atoms with Gasteiger partial charge in [-0.3, -0.25) is 0 Å². The quantitative estimate of drug-likeness (QED) is 0.689. The first-order valence-corrected chi connectivity index (χ1v) is 6.08. The average molecular weight is 276 g/mol. The Balaban J connectivity index is 1.85. The van der Waals surface area contributed by atoms with E-state index < -0.39 is 17.5 Å². The topological polar surface area (TPSA) is 27.8 Å². The molecule has 1 heterocycles. The van der Waals surface area contributed by atoms with E-state index in [2.05, 4.69) is 10.3 Å². The predicted octanol–water partition coefficient (Wildman–Crippen LogP) is 4.20. The molecular formula is C15H11F3N2. The van der Waals surface area contributed by atoms with Crippen molar-refractivity contribution in [1.29, 1.82) is 0 Å². The van der Waals surface area contributed by atoms with E-state index >= 15 is 0 Å². The molecule has 2 N–H and O–H groups in total. The average Bonchev–Trinajstić information content (AvgIpc) is 2.91. The smallest absolute Gasteiger partial charge is 0.194 e. The Bertz CT molecular complexity index is 742. The van der Waals surface area contributed by atoms with Gasteiger partial charge in [0.1, 0.15) is 0 Å².